The zero-order valence-electron chi connectivity index (χ0n) is 9.26. The highest BCUT2D eigenvalue weighted by atomic mass is 16.1. The van der Waals surface area contributed by atoms with Crippen molar-refractivity contribution >= 4 is 5.78 Å². The Morgan fingerprint density at radius 1 is 1.25 bits per heavy atom. The highest BCUT2D eigenvalue weighted by molar-refractivity contribution is 5.95. The maximum atomic E-state index is 11.8. The fraction of sp³-hybridized carbons (Fsp3) is 0.231. The van der Waals surface area contributed by atoms with E-state index in [1.54, 1.807) is 6.20 Å². The van der Waals surface area contributed by atoms with Crippen molar-refractivity contribution in [3.05, 3.63) is 53.9 Å². The number of carbonyl (C=O) groups is 1. The van der Waals surface area contributed by atoms with E-state index in [1.165, 1.54) is 0 Å². The van der Waals surface area contributed by atoms with Crippen LogP contribution in [-0.4, -0.2) is 15.6 Å². The van der Waals surface area contributed by atoms with Gasteiger partial charge in [0, 0.05) is 30.4 Å². The molecule has 0 aliphatic rings. The van der Waals surface area contributed by atoms with E-state index < -0.39 is 0 Å². The van der Waals surface area contributed by atoms with Crippen LogP contribution in [0.25, 0.3) is 0 Å². The van der Waals surface area contributed by atoms with E-state index >= 15 is 0 Å². The summed E-state index contributed by atoms with van der Waals surface area (Å²) in [6.45, 7) is 2.63. The molecule has 1 aromatic carbocycles. The molecule has 0 unspecified atom stereocenters. The maximum absolute atomic E-state index is 11.8. The third-order valence-electron chi connectivity index (χ3n) is 2.58. The highest BCUT2D eigenvalue weighted by Gasteiger charge is 2.05. The first-order chi connectivity index (χ1) is 7.77. The van der Waals surface area contributed by atoms with Crippen LogP contribution in [0.3, 0.4) is 0 Å². The van der Waals surface area contributed by atoms with E-state index in [4.69, 9.17) is 0 Å². The number of aryl methyl sites for hydroxylation is 2. The van der Waals surface area contributed by atoms with Crippen molar-refractivity contribution in [3.63, 3.8) is 0 Å². The van der Waals surface area contributed by atoms with Crippen molar-refractivity contribution < 1.29 is 4.79 Å². The van der Waals surface area contributed by atoms with Gasteiger partial charge >= 0.3 is 0 Å². The van der Waals surface area contributed by atoms with Gasteiger partial charge in [0.05, 0.1) is 0 Å². The Bertz CT molecular complexity index is 474. The van der Waals surface area contributed by atoms with Gasteiger partial charge in [-0.1, -0.05) is 30.3 Å². The number of Topliss-reactive ketones (excluding diaryl/α,β-unsaturated/α-hetero) is 1. The minimum absolute atomic E-state index is 0.163. The van der Waals surface area contributed by atoms with Crippen LogP contribution in [0.2, 0.25) is 0 Å². The molecule has 0 spiro atoms. The predicted molar refractivity (Wildman–Crippen MR) is 62.4 cm³/mol. The van der Waals surface area contributed by atoms with Crippen LogP contribution in [0.5, 0.6) is 0 Å². The van der Waals surface area contributed by atoms with E-state index in [2.05, 4.69) is 5.10 Å². The fourth-order valence-electron chi connectivity index (χ4n) is 1.61. The van der Waals surface area contributed by atoms with Gasteiger partial charge in [-0.3, -0.25) is 9.48 Å². The predicted octanol–water partition coefficient (Wildman–Crippen LogP) is 2.46. The molecule has 0 saturated heterocycles. The molecule has 3 nitrogen and oxygen atoms in total. The maximum Gasteiger partial charge on any atom is 0.164 e. The van der Waals surface area contributed by atoms with Crippen molar-refractivity contribution in [2.24, 2.45) is 0 Å². The first-order valence-electron chi connectivity index (χ1n) is 5.34. The first-order valence-corrected chi connectivity index (χ1v) is 5.34. The summed E-state index contributed by atoms with van der Waals surface area (Å²) in [6.07, 6.45) is 2.24. The number of ketones is 1. The molecule has 3 heteroatoms. The third-order valence-corrected chi connectivity index (χ3v) is 2.58. The summed E-state index contributed by atoms with van der Waals surface area (Å²) < 4.78 is 1.85. The quantitative estimate of drug-likeness (QED) is 0.733. The van der Waals surface area contributed by atoms with Gasteiger partial charge in [0.1, 0.15) is 0 Å². The highest BCUT2D eigenvalue weighted by Crippen LogP contribution is 2.05. The molecule has 0 fully saturated rings. The van der Waals surface area contributed by atoms with Gasteiger partial charge in [-0.25, -0.2) is 0 Å². The summed E-state index contributed by atoms with van der Waals surface area (Å²) in [4.78, 5) is 11.8. The molecule has 16 heavy (non-hydrogen) atoms. The molecular formula is C13H14N2O. The van der Waals surface area contributed by atoms with Crippen LogP contribution >= 0.6 is 0 Å². The molecule has 0 atom stereocenters. The lowest BCUT2D eigenvalue weighted by Crippen LogP contribution is -2.08. The van der Waals surface area contributed by atoms with Gasteiger partial charge in [0.15, 0.2) is 5.78 Å². The number of hydrogen-bond acceptors (Lipinski definition) is 2. The van der Waals surface area contributed by atoms with E-state index in [9.17, 15) is 4.79 Å². The van der Waals surface area contributed by atoms with Crippen molar-refractivity contribution in [1.29, 1.82) is 0 Å². The summed E-state index contributed by atoms with van der Waals surface area (Å²) in [5.74, 6) is 0.163. The molecule has 0 bridgehead atoms. The van der Waals surface area contributed by atoms with E-state index in [1.807, 2.05) is 48.0 Å². The van der Waals surface area contributed by atoms with Crippen LogP contribution in [0.1, 0.15) is 22.5 Å². The van der Waals surface area contributed by atoms with E-state index in [0.29, 0.717) is 13.0 Å². The zero-order chi connectivity index (χ0) is 11.4. The molecule has 0 N–H and O–H groups in total. The number of benzene rings is 1. The van der Waals surface area contributed by atoms with Crippen molar-refractivity contribution in [2.75, 3.05) is 0 Å². The normalized spacial score (nSPS) is 10.3. The van der Waals surface area contributed by atoms with Crippen molar-refractivity contribution in [2.45, 2.75) is 19.9 Å². The molecule has 0 amide bonds. The van der Waals surface area contributed by atoms with Gasteiger partial charge < -0.3 is 0 Å². The lowest BCUT2D eigenvalue weighted by Gasteiger charge is -2.03. The molecule has 0 aliphatic carbocycles. The molecular weight excluding hydrogens is 200 g/mol. The average Bonchev–Trinajstić information content (AvgIpc) is 2.73. The monoisotopic (exact) mass is 214 g/mol. The molecule has 0 radical (unpaired) electrons. The second-order valence-corrected chi connectivity index (χ2v) is 3.73. The summed E-state index contributed by atoms with van der Waals surface area (Å²) >= 11 is 0. The van der Waals surface area contributed by atoms with Gasteiger partial charge in [-0.2, -0.15) is 5.10 Å². The average molecular weight is 214 g/mol. The van der Waals surface area contributed by atoms with Gasteiger partial charge in [0.25, 0.3) is 0 Å². The van der Waals surface area contributed by atoms with Crippen LogP contribution in [-0.2, 0) is 6.54 Å². The SMILES string of the molecule is Cc1ccnn1CCC(=O)c1ccccc1. The van der Waals surface area contributed by atoms with Gasteiger partial charge in [-0.15, -0.1) is 0 Å². The summed E-state index contributed by atoms with van der Waals surface area (Å²) in [5, 5.41) is 4.15. The number of hydrogen-bond donors (Lipinski definition) is 0. The lowest BCUT2D eigenvalue weighted by molar-refractivity contribution is 0.0975. The Balaban J connectivity index is 1.97. The molecule has 0 aliphatic heterocycles. The number of carbonyl (C=O) groups excluding carboxylic acids is 1. The number of rotatable bonds is 4. The molecule has 2 aromatic rings. The fourth-order valence-corrected chi connectivity index (χ4v) is 1.61. The number of aromatic nitrogens is 2. The lowest BCUT2D eigenvalue weighted by atomic mass is 10.1. The Hall–Kier alpha value is -1.90. The third kappa shape index (κ3) is 2.37. The Morgan fingerprint density at radius 3 is 2.62 bits per heavy atom. The topological polar surface area (TPSA) is 34.9 Å². The standard InChI is InChI=1S/C13H14N2O/c1-11-7-9-14-15(11)10-8-13(16)12-5-3-2-4-6-12/h2-7,9H,8,10H2,1H3. The van der Waals surface area contributed by atoms with Crippen LogP contribution in [0.15, 0.2) is 42.6 Å². The molecule has 1 aromatic heterocycles. The largest absolute Gasteiger partial charge is 0.294 e. The van der Waals surface area contributed by atoms with Crippen LogP contribution in [0.4, 0.5) is 0 Å². The van der Waals surface area contributed by atoms with Gasteiger partial charge in [0.2, 0.25) is 0 Å². The summed E-state index contributed by atoms with van der Waals surface area (Å²) in [5.41, 5.74) is 1.85. The molecule has 1 heterocycles. The van der Waals surface area contributed by atoms with E-state index in [-0.39, 0.29) is 5.78 Å². The molecule has 2 rings (SSSR count). The minimum Gasteiger partial charge on any atom is -0.294 e. The van der Waals surface area contributed by atoms with Crippen LogP contribution in [0, 0.1) is 6.92 Å². The van der Waals surface area contributed by atoms with Gasteiger partial charge in [-0.05, 0) is 13.0 Å². The Morgan fingerprint density at radius 2 is 2.00 bits per heavy atom. The Kier molecular flexibility index (Phi) is 3.15. The van der Waals surface area contributed by atoms with Crippen molar-refractivity contribution in [3.8, 4) is 0 Å². The van der Waals surface area contributed by atoms with Crippen molar-refractivity contribution in [1.82, 2.24) is 9.78 Å². The second-order valence-electron chi connectivity index (χ2n) is 3.73. The summed E-state index contributed by atoms with van der Waals surface area (Å²) in [7, 11) is 0. The van der Waals surface area contributed by atoms with E-state index in [0.717, 1.165) is 11.3 Å². The minimum atomic E-state index is 0.163. The van der Waals surface area contributed by atoms with Crippen LogP contribution < -0.4 is 0 Å². The molecule has 0 saturated carbocycles. The Labute approximate surface area is 94.7 Å². The smallest absolute Gasteiger partial charge is 0.164 e. The second kappa shape index (κ2) is 4.75. The zero-order valence-corrected chi connectivity index (χ0v) is 9.26. The molecule has 82 valence electrons. The summed E-state index contributed by atoms with van der Waals surface area (Å²) in [6, 6.07) is 11.3. The first kappa shape index (κ1) is 10.6. The number of nitrogens with zero attached hydrogens (tertiary/aromatic N) is 2.